The summed E-state index contributed by atoms with van der Waals surface area (Å²) < 4.78 is 5.65. The molecule has 0 bridgehead atoms. The molecule has 1 aromatic heterocycles. The number of rotatable bonds is 8. The first-order chi connectivity index (χ1) is 8.18. The third-order valence-electron chi connectivity index (χ3n) is 2.51. The van der Waals surface area contributed by atoms with E-state index in [1.165, 1.54) is 0 Å². The highest BCUT2D eigenvalue weighted by Crippen LogP contribution is 1.98. The molecule has 96 valence electrons. The summed E-state index contributed by atoms with van der Waals surface area (Å²) in [6.45, 7) is 9.11. The first kappa shape index (κ1) is 14.1. The number of hydrogen-bond donors (Lipinski definition) is 1. The molecule has 1 atom stereocenters. The van der Waals surface area contributed by atoms with Crippen molar-refractivity contribution in [1.29, 1.82) is 0 Å². The third kappa shape index (κ3) is 7.08. The molecule has 17 heavy (non-hydrogen) atoms. The van der Waals surface area contributed by atoms with Gasteiger partial charge in [-0.05, 0) is 18.1 Å². The molecule has 1 heterocycles. The van der Waals surface area contributed by atoms with Crippen LogP contribution in [0, 0.1) is 5.92 Å². The predicted octanol–water partition coefficient (Wildman–Crippen LogP) is 2.27. The smallest absolute Gasteiger partial charge is 0.0521 e. The van der Waals surface area contributed by atoms with Crippen molar-refractivity contribution in [2.45, 2.75) is 33.2 Å². The molecule has 0 spiro atoms. The minimum absolute atomic E-state index is 0.547. The van der Waals surface area contributed by atoms with Gasteiger partial charge in [0.15, 0.2) is 0 Å². The summed E-state index contributed by atoms with van der Waals surface area (Å²) in [5.41, 5.74) is 1.10. The van der Waals surface area contributed by atoms with Crippen molar-refractivity contribution < 1.29 is 4.74 Å². The standard InChI is InChI=1S/C14H24N2O/c1-12(2)16-10-13(3)11-17-9-7-14-6-4-5-8-15-14/h4-6,8,12-13,16H,7,9-11H2,1-3H3. The van der Waals surface area contributed by atoms with Gasteiger partial charge in [0.2, 0.25) is 0 Å². The van der Waals surface area contributed by atoms with Crippen LogP contribution in [0.25, 0.3) is 0 Å². The fraction of sp³-hybridized carbons (Fsp3) is 0.643. The van der Waals surface area contributed by atoms with Crippen LogP contribution in [0.2, 0.25) is 0 Å². The van der Waals surface area contributed by atoms with E-state index in [1.54, 1.807) is 0 Å². The van der Waals surface area contributed by atoms with Crippen LogP contribution in [0.4, 0.5) is 0 Å². The Kier molecular flexibility index (Phi) is 6.82. The monoisotopic (exact) mass is 236 g/mol. The van der Waals surface area contributed by atoms with Gasteiger partial charge in [0, 0.05) is 30.9 Å². The molecule has 0 aliphatic carbocycles. The Balaban J connectivity index is 2.04. The molecule has 0 aromatic carbocycles. The number of hydrogen-bond acceptors (Lipinski definition) is 3. The van der Waals surface area contributed by atoms with Gasteiger partial charge in [-0.3, -0.25) is 4.98 Å². The lowest BCUT2D eigenvalue weighted by atomic mass is 10.2. The van der Waals surface area contributed by atoms with Crippen LogP contribution >= 0.6 is 0 Å². The van der Waals surface area contributed by atoms with E-state index in [1.807, 2.05) is 24.4 Å². The lowest BCUT2D eigenvalue weighted by molar-refractivity contribution is 0.106. The van der Waals surface area contributed by atoms with Gasteiger partial charge in [0.05, 0.1) is 13.2 Å². The average molecular weight is 236 g/mol. The van der Waals surface area contributed by atoms with Crippen molar-refractivity contribution in [2.75, 3.05) is 19.8 Å². The number of aromatic nitrogens is 1. The number of ether oxygens (including phenoxy) is 1. The predicted molar refractivity (Wildman–Crippen MR) is 71.1 cm³/mol. The number of pyridine rings is 1. The second-order valence-electron chi connectivity index (χ2n) is 4.81. The first-order valence-electron chi connectivity index (χ1n) is 6.39. The van der Waals surface area contributed by atoms with Crippen molar-refractivity contribution in [3.05, 3.63) is 30.1 Å². The van der Waals surface area contributed by atoms with Crippen molar-refractivity contribution in [1.82, 2.24) is 10.3 Å². The summed E-state index contributed by atoms with van der Waals surface area (Å²) in [5.74, 6) is 0.557. The molecule has 1 unspecified atom stereocenters. The molecule has 0 amide bonds. The zero-order chi connectivity index (χ0) is 12.5. The highest BCUT2D eigenvalue weighted by molar-refractivity contribution is 5.03. The maximum absolute atomic E-state index is 5.65. The van der Waals surface area contributed by atoms with Crippen molar-refractivity contribution in [3.8, 4) is 0 Å². The van der Waals surface area contributed by atoms with Crippen LogP contribution in [0.5, 0.6) is 0 Å². The summed E-state index contributed by atoms with van der Waals surface area (Å²) in [4.78, 5) is 4.26. The normalized spacial score (nSPS) is 12.9. The summed E-state index contributed by atoms with van der Waals surface area (Å²) in [7, 11) is 0. The molecule has 3 heteroatoms. The van der Waals surface area contributed by atoms with E-state index >= 15 is 0 Å². The summed E-state index contributed by atoms with van der Waals surface area (Å²) in [6, 6.07) is 6.53. The van der Waals surface area contributed by atoms with E-state index in [0.29, 0.717) is 12.0 Å². The van der Waals surface area contributed by atoms with Crippen molar-refractivity contribution in [2.24, 2.45) is 5.92 Å². The Morgan fingerprint density at radius 2 is 2.12 bits per heavy atom. The van der Waals surface area contributed by atoms with Gasteiger partial charge in [-0.2, -0.15) is 0 Å². The van der Waals surface area contributed by atoms with Crippen LogP contribution in [0.1, 0.15) is 26.5 Å². The lowest BCUT2D eigenvalue weighted by Gasteiger charge is -2.14. The molecule has 1 N–H and O–H groups in total. The first-order valence-corrected chi connectivity index (χ1v) is 6.39. The fourth-order valence-electron chi connectivity index (χ4n) is 1.50. The van der Waals surface area contributed by atoms with E-state index in [2.05, 4.69) is 31.1 Å². The molecule has 0 aliphatic rings. The fourth-order valence-corrected chi connectivity index (χ4v) is 1.50. The van der Waals surface area contributed by atoms with Gasteiger partial charge in [-0.15, -0.1) is 0 Å². The quantitative estimate of drug-likeness (QED) is 0.703. The van der Waals surface area contributed by atoms with Crippen molar-refractivity contribution in [3.63, 3.8) is 0 Å². The van der Waals surface area contributed by atoms with Gasteiger partial charge in [0.1, 0.15) is 0 Å². The van der Waals surface area contributed by atoms with Gasteiger partial charge in [0.25, 0.3) is 0 Å². The van der Waals surface area contributed by atoms with E-state index in [-0.39, 0.29) is 0 Å². The highest BCUT2D eigenvalue weighted by Gasteiger charge is 2.03. The Morgan fingerprint density at radius 3 is 2.76 bits per heavy atom. The molecule has 0 aliphatic heterocycles. The second-order valence-corrected chi connectivity index (χ2v) is 4.81. The Labute approximate surface area is 105 Å². The van der Waals surface area contributed by atoms with Crippen LogP contribution in [0.15, 0.2) is 24.4 Å². The molecule has 0 saturated carbocycles. The SMILES string of the molecule is CC(CNC(C)C)COCCc1ccccn1. The largest absolute Gasteiger partial charge is 0.381 e. The lowest BCUT2D eigenvalue weighted by Crippen LogP contribution is -2.29. The van der Waals surface area contributed by atoms with E-state index < -0.39 is 0 Å². The summed E-state index contributed by atoms with van der Waals surface area (Å²) in [6.07, 6.45) is 2.72. The molecule has 3 nitrogen and oxygen atoms in total. The maximum atomic E-state index is 5.65. The molecule has 0 radical (unpaired) electrons. The minimum atomic E-state index is 0.547. The van der Waals surface area contributed by atoms with Crippen LogP contribution < -0.4 is 5.32 Å². The summed E-state index contributed by atoms with van der Waals surface area (Å²) >= 11 is 0. The van der Waals surface area contributed by atoms with Gasteiger partial charge in [-0.1, -0.05) is 26.8 Å². The number of nitrogens with one attached hydrogen (secondary N) is 1. The number of nitrogens with zero attached hydrogens (tertiary/aromatic N) is 1. The zero-order valence-electron chi connectivity index (χ0n) is 11.1. The van der Waals surface area contributed by atoms with Gasteiger partial charge in [-0.25, -0.2) is 0 Å². The van der Waals surface area contributed by atoms with E-state index in [0.717, 1.165) is 31.9 Å². The summed E-state index contributed by atoms with van der Waals surface area (Å²) in [5, 5.41) is 3.41. The molecular weight excluding hydrogens is 212 g/mol. The van der Waals surface area contributed by atoms with E-state index in [4.69, 9.17) is 4.74 Å². The van der Waals surface area contributed by atoms with Crippen LogP contribution in [0.3, 0.4) is 0 Å². The van der Waals surface area contributed by atoms with Gasteiger partial charge >= 0.3 is 0 Å². The Hall–Kier alpha value is -0.930. The van der Waals surface area contributed by atoms with Crippen LogP contribution in [-0.4, -0.2) is 30.8 Å². The molecule has 1 aromatic rings. The molecular formula is C14H24N2O. The third-order valence-corrected chi connectivity index (χ3v) is 2.51. The topological polar surface area (TPSA) is 34.1 Å². The zero-order valence-corrected chi connectivity index (χ0v) is 11.1. The average Bonchev–Trinajstić information content (AvgIpc) is 2.33. The second kappa shape index (κ2) is 8.20. The molecule has 0 saturated heterocycles. The minimum Gasteiger partial charge on any atom is -0.381 e. The van der Waals surface area contributed by atoms with Crippen LogP contribution in [-0.2, 0) is 11.2 Å². The Morgan fingerprint density at radius 1 is 1.29 bits per heavy atom. The van der Waals surface area contributed by atoms with E-state index in [9.17, 15) is 0 Å². The van der Waals surface area contributed by atoms with Crippen molar-refractivity contribution >= 4 is 0 Å². The van der Waals surface area contributed by atoms with Gasteiger partial charge < -0.3 is 10.1 Å². The maximum Gasteiger partial charge on any atom is 0.0521 e. The highest BCUT2D eigenvalue weighted by atomic mass is 16.5. The Bertz CT molecular complexity index is 288. The molecule has 1 rings (SSSR count). The molecule has 0 fully saturated rings.